The molecule has 1 atom stereocenters. The fourth-order valence-corrected chi connectivity index (χ4v) is 2.53. The van der Waals surface area contributed by atoms with E-state index in [1.54, 1.807) is 7.11 Å². The molecule has 2 rings (SSSR count). The molecule has 0 saturated heterocycles. The third-order valence-corrected chi connectivity index (χ3v) is 3.80. The third-order valence-electron chi connectivity index (χ3n) is 3.80. The van der Waals surface area contributed by atoms with E-state index in [0.29, 0.717) is 6.04 Å². The Labute approximate surface area is 127 Å². The van der Waals surface area contributed by atoms with Crippen LogP contribution in [0.15, 0.2) is 54.6 Å². The van der Waals surface area contributed by atoms with E-state index in [2.05, 4.69) is 53.7 Å². The van der Waals surface area contributed by atoms with E-state index in [-0.39, 0.29) is 0 Å². The number of ether oxygens (including phenoxy) is 1. The van der Waals surface area contributed by atoms with Crippen molar-refractivity contribution in [3.63, 3.8) is 0 Å². The normalized spacial score (nSPS) is 12.0. The first-order chi connectivity index (χ1) is 10.3. The Morgan fingerprint density at radius 1 is 1.05 bits per heavy atom. The number of para-hydroxylation sites is 1. The van der Waals surface area contributed by atoms with E-state index in [1.165, 1.54) is 11.3 Å². The molecular weight excluding hydrogens is 260 g/mol. The molecule has 0 spiro atoms. The Balaban J connectivity index is 2.24. The lowest BCUT2D eigenvalue weighted by atomic mass is 10.0. The quantitative estimate of drug-likeness (QED) is 0.842. The molecule has 0 saturated carbocycles. The minimum Gasteiger partial charge on any atom is -0.497 e. The molecule has 0 aliphatic rings. The maximum absolute atomic E-state index is 5.25. The van der Waals surface area contributed by atoms with E-state index in [1.807, 2.05) is 25.2 Å². The molecule has 0 bridgehead atoms. The van der Waals surface area contributed by atoms with Crippen LogP contribution in [-0.4, -0.2) is 27.7 Å². The van der Waals surface area contributed by atoms with Crippen LogP contribution in [-0.2, 0) is 0 Å². The molecule has 2 aromatic carbocycles. The molecule has 2 aromatic rings. The average Bonchev–Trinajstić information content (AvgIpc) is 2.56. The van der Waals surface area contributed by atoms with Crippen LogP contribution in [0.4, 0.5) is 5.69 Å². The Morgan fingerprint density at radius 3 is 2.29 bits per heavy atom. The molecule has 0 aromatic heterocycles. The van der Waals surface area contributed by atoms with Crippen molar-refractivity contribution < 1.29 is 4.74 Å². The highest BCUT2D eigenvalue weighted by Gasteiger charge is 2.17. The summed E-state index contributed by atoms with van der Waals surface area (Å²) in [6.45, 7) is 0.980. The van der Waals surface area contributed by atoms with Crippen LogP contribution in [0.3, 0.4) is 0 Å². The maximum Gasteiger partial charge on any atom is 0.118 e. The van der Waals surface area contributed by atoms with Gasteiger partial charge < -0.3 is 15.0 Å². The van der Waals surface area contributed by atoms with Gasteiger partial charge in [-0.1, -0.05) is 30.3 Å². The zero-order valence-electron chi connectivity index (χ0n) is 13.0. The molecule has 0 fully saturated rings. The van der Waals surface area contributed by atoms with Crippen molar-refractivity contribution >= 4 is 5.69 Å². The van der Waals surface area contributed by atoms with E-state index < -0.39 is 0 Å². The van der Waals surface area contributed by atoms with Gasteiger partial charge in [-0.25, -0.2) is 0 Å². The van der Waals surface area contributed by atoms with E-state index in [9.17, 15) is 0 Å². The number of anilines is 1. The fraction of sp³-hybridized carbons (Fsp3) is 0.333. The number of methoxy groups -OCH3 is 1. The Morgan fingerprint density at radius 2 is 1.71 bits per heavy atom. The summed E-state index contributed by atoms with van der Waals surface area (Å²) in [6, 6.07) is 19.2. The van der Waals surface area contributed by atoms with Gasteiger partial charge in [-0.15, -0.1) is 0 Å². The summed E-state index contributed by atoms with van der Waals surface area (Å²) in [5.74, 6) is 0.897. The van der Waals surface area contributed by atoms with Crippen LogP contribution in [0.2, 0.25) is 0 Å². The zero-order valence-corrected chi connectivity index (χ0v) is 13.0. The monoisotopic (exact) mass is 284 g/mol. The number of nitrogens with zero attached hydrogens (tertiary/aromatic N) is 1. The molecule has 0 aliphatic carbocycles. The summed E-state index contributed by atoms with van der Waals surface area (Å²) in [5.41, 5.74) is 2.53. The van der Waals surface area contributed by atoms with Crippen LogP contribution < -0.4 is 15.0 Å². The second-order valence-electron chi connectivity index (χ2n) is 5.13. The fourth-order valence-electron chi connectivity index (χ4n) is 2.53. The highest BCUT2D eigenvalue weighted by atomic mass is 16.5. The number of benzene rings is 2. The van der Waals surface area contributed by atoms with Crippen molar-refractivity contribution in [1.82, 2.24) is 5.32 Å². The van der Waals surface area contributed by atoms with Crippen molar-refractivity contribution in [2.24, 2.45) is 0 Å². The lowest BCUT2D eigenvalue weighted by Gasteiger charge is -2.30. The molecule has 0 radical (unpaired) electrons. The standard InChI is InChI=1S/C18H24N2O/c1-19-14-13-18(15-9-11-17(21-3)12-10-15)20(2)16-7-5-4-6-8-16/h4-12,18-19H,13-14H2,1-3H3. The van der Waals surface area contributed by atoms with Gasteiger partial charge in [0.1, 0.15) is 5.75 Å². The first-order valence-corrected chi connectivity index (χ1v) is 7.32. The molecule has 3 nitrogen and oxygen atoms in total. The van der Waals surface area contributed by atoms with Crippen molar-refractivity contribution in [1.29, 1.82) is 0 Å². The van der Waals surface area contributed by atoms with Gasteiger partial charge in [0.2, 0.25) is 0 Å². The van der Waals surface area contributed by atoms with Gasteiger partial charge in [0.15, 0.2) is 0 Å². The lowest BCUT2D eigenvalue weighted by molar-refractivity contribution is 0.414. The third kappa shape index (κ3) is 3.99. The molecule has 1 N–H and O–H groups in total. The Hall–Kier alpha value is -2.00. The van der Waals surface area contributed by atoms with Crippen molar-refractivity contribution in [3.05, 3.63) is 60.2 Å². The highest BCUT2D eigenvalue weighted by Crippen LogP contribution is 2.29. The van der Waals surface area contributed by atoms with E-state index in [0.717, 1.165) is 18.7 Å². The molecule has 112 valence electrons. The predicted octanol–water partition coefficient (Wildman–Crippen LogP) is 3.48. The van der Waals surface area contributed by atoms with Gasteiger partial charge in [0, 0.05) is 12.7 Å². The van der Waals surface area contributed by atoms with Gasteiger partial charge in [-0.05, 0) is 49.8 Å². The minimum atomic E-state index is 0.339. The lowest BCUT2D eigenvalue weighted by Crippen LogP contribution is -2.27. The van der Waals surface area contributed by atoms with Crippen LogP contribution in [0.5, 0.6) is 5.75 Å². The zero-order chi connectivity index (χ0) is 15.1. The van der Waals surface area contributed by atoms with Crippen LogP contribution in [0.1, 0.15) is 18.0 Å². The largest absolute Gasteiger partial charge is 0.497 e. The smallest absolute Gasteiger partial charge is 0.118 e. The summed E-state index contributed by atoms with van der Waals surface area (Å²) in [6.07, 6.45) is 1.05. The van der Waals surface area contributed by atoms with Crippen LogP contribution in [0, 0.1) is 0 Å². The van der Waals surface area contributed by atoms with Crippen LogP contribution in [0.25, 0.3) is 0 Å². The Bertz CT molecular complexity index is 525. The first kappa shape index (κ1) is 15.4. The molecule has 3 heteroatoms. The molecule has 1 unspecified atom stereocenters. The van der Waals surface area contributed by atoms with E-state index >= 15 is 0 Å². The van der Waals surface area contributed by atoms with E-state index in [4.69, 9.17) is 4.74 Å². The highest BCUT2D eigenvalue weighted by molar-refractivity contribution is 5.48. The van der Waals surface area contributed by atoms with Crippen molar-refractivity contribution in [3.8, 4) is 5.75 Å². The number of nitrogens with one attached hydrogen (secondary N) is 1. The summed E-state index contributed by atoms with van der Waals surface area (Å²) in [7, 11) is 5.84. The maximum atomic E-state index is 5.25. The summed E-state index contributed by atoms with van der Waals surface area (Å²) in [4.78, 5) is 2.33. The molecule has 21 heavy (non-hydrogen) atoms. The number of hydrogen-bond acceptors (Lipinski definition) is 3. The van der Waals surface area contributed by atoms with Gasteiger partial charge in [0.25, 0.3) is 0 Å². The minimum absolute atomic E-state index is 0.339. The second-order valence-corrected chi connectivity index (χ2v) is 5.13. The van der Waals surface area contributed by atoms with Crippen LogP contribution >= 0.6 is 0 Å². The average molecular weight is 284 g/mol. The summed E-state index contributed by atoms with van der Waals surface area (Å²) in [5, 5.41) is 3.25. The van der Waals surface area contributed by atoms with Crippen molar-refractivity contribution in [2.75, 3.05) is 32.6 Å². The SMILES string of the molecule is CNCCC(c1ccc(OC)cc1)N(C)c1ccccc1. The second kappa shape index (κ2) is 7.70. The first-order valence-electron chi connectivity index (χ1n) is 7.32. The number of hydrogen-bond donors (Lipinski definition) is 1. The summed E-state index contributed by atoms with van der Waals surface area (Å²) < 4.78 is 5.25. The van der Waals surface area contributed by atoms with Gasteiger partial charge in [-0.3, -0.25) is 0 Å². The Kier molecular flexibility index (Phi) is 5.64. The molecule has 0 aliphatic heterocycles. The number of rotatable bonds is 7. The molecule has 0 amide bonds. The topological polar surface area (TPSA) is 24.5 Å². The van der Waals surface area contributed by atoms with Gasteiger partial charge >= 0.3 is 0 Å². The van der Waals surface area contributed by atoms with Gasteiger partial charge in [-0.2, -0.15) is 0 Å². The summed E-state index contributed by atoms with van der Waals surface area (Å²) >= 11 is 0. The van der Waals surface area contributed by atoms with Gasteiger partial charge in [0.05, 0.1) is 13.2 Å². The molecular formula is C18H24N2O. The predicted molar refractivity (Wildman–Crippen MR) is 89.1 cm³/mol. The van der Waals surface area contributed by atoms with Crippen molar-refractivity contribution in [2.45, 2.75) is 12.5 Å². The molecule has 0 heterocycles.